The van der Waals surface area contributed by atoms with E-state index in [-0.39, 0.29) is 6.04 Å². The van der Waals surface area contributed by atoms with E-state index in [1.165, 1.54) is 0 Å². The second-order valence-corrected chi connectivity index (χ2v) is 6.86. The van der Waals surface area contributed by atoms with Crippen molar-refractivity contribution in [1.29, 1.82) is 0 Å². The molecule has 1 aromatic carbocycles. The van der Waals surface area contributed by atoms with Crippen LogP contribution in [0, 0.1) is 0 Å². The van der Waals surface area contributed by atoms with Crippen LogP contribution in [0.25, 0.3) is 11.0 Å². The summed E-state index contributed by atoms with van der Waals surface area (Å²) in [6.45, 7) is 8.50. The fraction of sp³-hybridized carbons (Fsp3) is 0.471. The maximum atomic E-state index is 11.6. The Labute approximate surface area is 141 Å². The lowest BCUT2D eigenvalue weighted by atomic mass is 10.1. The summed E-state index contributed by atoms with van der Waals surface area (Å²) in [4.78, 5) is 11.6. The lowest BCUT2D eigenvalue weighted by molar-refractivity contribution is 0.0523. The molecule has 2 rings (SSSR count). The molecule has 0 fully saturated rings. The van der Waals surface area contributed by atoms with Gasteiger partial charge in [0.25, 0.3) is 0 Å². The summed E-state index contributed by atoms with van der Waals surface area (Å²) in [6.07, 6.45) is -0.419. The number of carbonyl (C=O) groups is 1. The Balaban J connectivity index is 1.85. The van der Waals surface area contributed by atoms with Crippen molar-refractivity contribution < 1.29 is 13.9 Å². The van der Waals surface area contributed by atoms with Crippen LogP contribution < -0.4 is 10.6 Å². The van der Waals surface area contributed by atoms with E-state index in [1.807, 2.05) is 52.0 Å². The molecule has 0 bridgehead atoms. The molecule has 0 saturated heterocycles. The number of para-hydroxylation sites is 1. The van der Waals surface area contributed by atoms with E-state index in [2.05, 4.69) is 10.6 Å². The molecule has 126 valence electrons. The topological polar surface area (TPSA) is 63.5 Å². The van der Waals surface area contributed by atoms with Crippen molar-refractivity contribution in [2.75, 3.05) is 6.54 Å². The summed E-state index contributed by atoms with van der Waals surface area (Å²) in [6, 6.07) is 7.79. The van der Waals surface area contributed by atoms with Gasteiger partial charge in [0.15, 0.2) is 5.22 Å². The average Bonchev–Trinajstić information content (AvgIpc) is 2.76. The largest absolute Gasteiger partial charge is 0.444 e. The van der Waals surface area contributed by atoms with Gasteiger partial charge in [-0.15, -0.1) is 0 Å². The standard InChI is InChI=1S/C17H23ClN2O3/c1-11(9-20-16(21)23-17(2,3)4)19-10-13-12-7-5-6-8-14(12)22-15(13)18/h5-8,11,19H,9-10H2,1-4H3,(H,20,21). The maximum Gasteiger partial charge on any atom is 0.407 e. The Kier molecular flexibility index (Phi) is 5.55. The van der Waals surface area contributed by atoms with E-state index >= 15 is 0 Å². The minimum Gasteiger partial charge on any atom is -0.444 e. The van der Waals surface area contributed by atoms with Crippen molar-refractivity contribution >= 4 is 28.7 Å². The van der Waals surface area contributed by atoms with Gasteiger partial charge in [0, 0.05) is 30.1 Å². The third kappa shape index (κ3) is 5.15. The highest BCUT2D eigenvalue weighted by Gasteiger charge is 2.17. The van der Waals surface area contributed by atoms with Crippen LogP contribution in [0.4, 0.5) is 4.79 Å². The van der Waals surface area contributed by atoms with Crippen LogP contribution >= 0.6 is 11.6 Å². The van der Waals surface area contributed by atoms with E-state index in [0.29, 0.717) is 18.3 Å². The first kappa shape index (κ1) is 17.6. The zero-order chi connectivity index (χ0) is 17.0. The van der Waals surface area contributed by atoms with Crippen LogP contribution in [0.2, 0.25) is 5.22 Å². The van der Waals surface area contributed by atoms with E-state index in [1.54, 1.807) is 0 Å². The fourth-order valence-corrected chi connectivity index (χ4v) is 2.38. The second kappa shape index (κ2) is 7.23. The quantitative estimate of drug-likeness (QED) is 0.862. The Bertz CT molecular complexity index is 676. The number of carbonyl (C=O) groups excluding carboxylic acids is 1. The number of rotatable bonds is 5. The van der Waals surface area contributed by atoms with Crippen LogP contribution in [0.5, 0.6) is 0 Å². The van der Waals surface area contributed by atoms with Crippen LogP contribution in [-0.2, 0) is 11.3 Å². The zero-order valence-electron chi connectivity index (χ0n) is 13.9. The van der Waals surface area contributed by atoms with Gasteiger partial charge in [-0.05, 0) is 45.4 Å². The van der Waals surface area contributed by atoms with E-state index < -0.39 is 11.7 Å². The van der Waals surface area contributed by atoms with E-state index in [0.717, 1.165) is 16.5 Å². The zero-order valence-corrected chi connectivity index (χ0v) is 14.7. The van der Waals surface area contributed by atoms with Gasteiger partial charge in [0.2, 0.25) is 0 Å². The van der Waals surface area contributed by atoms with Gasteiger partial charge in [-0.3, -0.25) is 0 Å². The normalized spacial score (nSPS) is 13.1. The first-order valence-corrected chi connectivity index (χ1v) is 8.00. The van der Waals surface area contributed by atoms with Gasteiger partial charge in [-0.2, -0.15) is 0 Å². The maximum absolute atomic E-state index is 11.6. The van der Waals surface area contributed by atoms with Crippen LogP contribution in [-0.4, -0.2) is 24.3 Å². The second-order valence-electron chi connectivity index (χ2n) is 6.52. The molecular weight excluding hydrogens is 316 g/mol. The van der Waals surface area contributed by atoms with Crippen LogP contribution in [0.1, 0.15) is 33.3 Å². The molecule has 0 aliphatic rings. The van der Waals surface area contributed by atoms with Crippen molar-refractivity contribution in [2.24, 2.45) is 0 Å². The highest BCUT2D eigenvalue weighted by Crippen LogP contribution is 2.29. The fourth-order valence-electron chi connectivity index (χ4n) is 2.13. The number of furan rings is 1. The minimum absolute atomic E-state index is 0.0623. The van der Waals surface area contributed by atoms with E-state index in [9.17, 15) is 4.79 Å². The Morgan fingerprint density at radius 2 is 2.04 bits per heavy atom. The number of hydrogen-bond acceptors (Lipinski definition) is 4. The predicted octanol–water partition coefficient (Wildman–Crippen LogP) is 4.09. The predicted molar refractivity (Wildman–Crippen MR) is 91.8 cm³/mol. The Morgan fingerprint density at radius 3 is 2.74 bits per heavy atom. The molecule has 0 spiro atoms. The van der Waals surface area contributed by atoms with E-state index in [4.69, 9.17) is 20.8 Å². The first-order chi connectivity index (χ1) is 10.8. The van der Waals surface area contributed by atoms with Crippen molar-refractivity contribution in [1.82, 2.24) is 10.6 Å². The molecule has 0 saturated carbocycles. The molecule has 0 aliphatic carbocycles. The smallest absolute Gasteiger partial charge is 0.407 e. The number of alkyl carbamates (subject to hydrolysis) is 1. The summed E-state index contributed by atoms with van der Waals surface area (Å²) in [7, 11) is 0. The number of ether oxygens (including phenoxy) is 1. The summed E-state index contributed by atoms with van der Waals surface area (Å²) in [5.74, 6) is 0. The molecule has 0 radical (unpaired) electrons. The van der Waals surface area contributed by atoms with Gasteiger partial charge in [0.1, 0.15) is 11.2 Å². The van der Waals surface area contributed by atoms with Gasteiger partial charge in [-0.1, -0.05) is 18.2 Å². The molecule has 0 aliphatic heterocycles. The highest BCUT2D eigenvalue weighted by atomic mass is 35.5. The Hall–Kier alpha value is -1.72. The highest BCUT2D eigenvalue weighted by molar-refractivity contribution is 6.30. The molecule has 1 unspecified atom stereocenters. The van der Waals surface area contributed by atoms with Gasteiger partial charge in [0.05, 0.1) is 0 Å². The van der Waals surface area contributed by atoms with Gasteiger partial charge in [-0.25, -0.2) is 4.79 Å². The van der Waals surface area contributed by atoms with Gasteiger partial charge >= 0.3 is 6.09 Å². The third-order valence-corrected chi connectivity index (χ3v) is 3.53. The molecule has 2 N–H and O–H groups in total. The summed E-state index contributed by atoms with van der Waals surface area (Å²) in [5.41, 5.74) is 1.20. The number of nitrogens with one attached hydrogen (secondary N) is 2. The summed E-state index contributed by atoms with van der Waals surface area (Å²) >= 11 is 6.15. The van der Waals surface area contributed by atoms with Crippen molar-refractivity contribution in [3.63, 3.8) is 0 Å². The first-order valence-electron chi connectivity index (χ1n) is 7.62. The number of amides is 1. The molecule has 23 heavy (non-hydrogen) atoms. The van der Waals surface area contributed by atoms with Crippen LogP contribution in [0.3, 0.4) is 0 Å². The SMILES string of the molecule is CC(CNC(=O)OC(C)(C)C)NCc1c(Cl)oc2ccccc12. The molecule has 1 atom stereocenters. The number of benzene rings is 1. The molecular formula is C17H23ClN2O3. The lowest BCUT2D eigenvalue weighted by Crippen LogP contribution is -2.41. The average molecular weight is 339 g/mol. The molecule has 1 amide bonds. The molecule has 6 heteroatoms. The van der Waals surface area contributed by atoms with Gasteiger partial charge < -0.3 is 19.8 Å². The lowest BCUT2D eigenvalue weighted by Gasteiger charge is -2.21. The molecule has 2 aromatic rings. The van der Waals surface area contributed by atoms with Crippen molar-refractivity contribution in [3.8, 4) is 0 Å². The number of hydrogen-bond donors (Lipinski definition) is 2. The minimum atomic E-state index is -0.496. The van der Waals surface area contributed by atoms with Crippen LogP contribution in [0.15, 0.2) is 28.7 Å². The van der Waals surface area contributed by atoms with Crippen molar-refractivity contribution in [3.05, 3.63) is 35.0 Å². The summed E-state index contributed by atoms with van der Waals surface area (Å²) in [5, 5.41) is 7.45. The number of halogens is 1. The summed E-state index contributed by atoms with van der Waals surface area (Å²) < 4.78 is 10.7. The third-order valence-electron chi connectivity index (χ3n) is 3.23. The number of fused-ring (bicyclic) bond motifs is 1. The Morgan fingerprint density at radius 1 is 1.35 bits per heavy atom. The monoisotopic (exact) mass is 338 g/mol. The molecule has 1 heterocycles. The van der Waals surface area contributed by atoms with Crippen molar-refractivity contribution in [2.45, 2.75) is 45.9 Å². The molecule has 1 aromatic heterocycles. The molecule has 5 nitrogen and oxygen atoms in total.